The molecule has 9 N–H and O–H groups in total. The zero-order valence-corrected chi connectivity index (χ0v) is 31.7. The van der Waals surface area contributed by atoms with Crippen molar-refractivity contribution < 1.29 is 58.6 Å². The largest absolute Gasteiger partial charge is 0.481 e. The summed E-state index contributed by atoms with van der Waals surface area (Å²) in [6.07, 6.45) is 0.800. The summed E-state index contributed by atoms with van der Waals surface area (Å²) in [6.45, 7) is 3.26. The quantitative estimate of drug-likeness (QED) is 0.0275. The van der Waals surface area contributed by atoms with E-state index < -0.39 is 96.7 Å². The van der Waals surface area contributed by atoms with E-state index in [-0.39, 0.29) is 62.0 Å². The average molecular weight is 803 g/mol. The monoisotopic (exact) mass is 802 g/mol. The van der Waals surface area contributed by atoms with Gasteiger partial charge in [0.05, 0.1) is 36.6 Å². The molecule has 0 radical (unpaired) electrons. The first kappa shape index (κ1) is 48.5. The van der Waals surface area contributed by atoms with Crippen molar-refractivity contribution in [3.05, 3.63) is 9.81 Å². The van der Waals surface area contributed by atoms with Gasteiger partial charge in [-0.05, 0) is 45.4 Å². The van der Waals surface area contributed by atoms with Crippen LogP contribution in [0.3, 0.4) is 0 Å². The molecule has 0 aromatic heterocycles. The Balaban J connectivity index is 3.52. The molecule has 1 rings (SSSR count). The molecule has 1 saturated heterocycles. The number of nitrogens with zero attached hydrogens (tertiary/aromatic N) is 4. The van der Waals surface area contributed by atoms with Gasteiger partial charge in [-0.15, -0.1) is 20.2 Å². The average Bonchev–Trinajstić information content (AvgIpc) is 3.15. The molecular weight excluding hydrogens is 748 g/mol. The van der Waals surface area contributed by atoms with Crippen LogP contribution in [0, 0.1) is 9.81 Å². The maximum absolute atomic E-state index is 13.8. The molecule has 316 valence electrons. The number of aliphatic carboxylic acids is 1. The smallest absolute Gasteiger partial charge is 0.328 e. The zero-order valence-electron chi connectivity index (χ0n) is 31.7. The van der Waals surface area contributed by atoms with Gasteiger partial charge in [-0.25, -0.2) is 4.79 Å². The normalized spacial score (nSPS) is 21.5. The molecular formula is C32H54N10O14. The van der Waals surface area contributed by atoms with E-state index in [4.69, 9.17) is 4.74 Å². The highest BCUT2D eigenvalue weighted by molar-refractivity contribution is 5.97. The third-order valence-electron chi connectivity index (χ3n) is 8.50. The van der Waals surface area contributed by atoms with E-state index in [9.17, 15) is 63.7 Å². The highest BCUT2D eigenvalue weighted by atomic mass is 16.6. The van der Waals surface area contributed by atoms with Gasteiger partial charge in [-0.2, -0.15) is 0 Å². The highest BCUT2D eigenvalue weighted by Crippen LogP contribution is 2.11. The Morgan fingerprint density at radius 1 is 0.821 bits per heavy atom. The minimum atomic E-state index is -1.84. The van der Waals surface area contributed by atoms with E-state index in [1.54, 1.807) is 0 Å². The third-order valence-corrected chi connectivity index (χ3v) is 8.50. The van der Waals surface area contributed by atoms with Gasteiger partial charge < -0.3 is 41.7 Å². The highest BCUT2D eigenvalue weighted by Gasteiger charge is 2.37. The lowest BCUT2D eigenvalue weighted by Crippen LogP contribution is -2.62. The first-order valence-electron chi connectivity index (χ1n) is 18.4. The van der Waals surface area contributed by atoms with Crippen molar-refractivity contribution in [2.75, 3.05) is 19.6 Å². The molecule has 24 nitrogen and oxygen atoms in total. The number of carbonyl (C=O) groups is 8. The van der Waals surface area contributed by atoms with Crippen LogP contribution in [0.5, 0.6) is 0 Å². The summed E-state index contributed by atoms with van der Waals surface area (Å²) in [4.78, 5) is 126. The number of rotatable bonds is 22. The first-order valence-corrected chi connectivity index (χ1v) is 18.4. The van der Waals surface area contributed by atoms with Crippen LogP contribution in [-0.2, 0) is 43.1 Å². The van der Waals surface area contributed by atoms with E-state index in [0.29, 0.717) is 6.42 Å². The summed E-state index contributed by atoms with van der Waals surface area (Å²) in [5, 5.41) is 47.1. The molecule has 0 aromatic rings. The number of hydrogen-bond donors (Lipinski definition) is 9. The van der Waals surface area contributed by atoms with Gasteiger partial charge in [0.15, 0.2) is 0 Å². The summed E-state index contributed by atoms with van der Waals surface area (Å²) in [7, 11) is 0. The van der Waals surface area contributed by atoms with Gasteiger partial charge in [0.1, 0.15) is 36.3 Å². The predicted molar refractivity (Wildman–Crippen MR) is 191 cm³/mol. The summed E-state index contributed by atoms with van der Waals surface area (Å²) in [6, 6.07) is -7.80. The maximum Gasteiger partial charge on any atom is 0.328 e. The predicted octanol–water partition coefficient (Wildman–Crippen LogP) is -0.977. The molecule has 1 aliphatic rings. The number of unbranched alkanes of at least 4 members (excludes halogenated alkanes) is 4. The number of carbonyl (C=O) groups excluding carboxylic acids is 7. The second kappa shape index (κ2) is 26.3. The molecule has 1 heterocycles. The number of hydroxylamine groups is 2. The molecule has 0 bridgehead atoms. The van der Waals surface area contributed by atoms with Crippen LogP contribution in [0.15, 0.2) is 10.6 Å². The fraction of sp³-hybridized carbons (Fsp3) is 0.750. The minimum absolute atomic E-state index is 0.00631. The molecule has 1 aliphatic heterocycles. The molecule has 1 fully saturated rings. The van der Waals surface area contributed by atoms with Crippen molar-refractivity contribution in [1.82, 2.24) is 42.2 Å². The van der Waals surface area contributed by atoms with E-state index >= 15 is 0 Å². The van der Waals surface area contributed by atoms with Crippen LogP contribution in [0.2, 0.25) is 0 Å². The summed E-state index contributed by atoms with van der Waals surface area (Å²) in [5.74, 6) is -8.23. The molecule has 0 aromatic carbocycles. The van der Waals surface area contributed by atoms with E-state index in [1.165, 1.54) is 13.8 Å². The van der Waals surface area contributed by atoms with E-state index in [0.717, 1.165) is 25.7 Å². The van der Waals surface area contributed by atoms with Crippen LogP contribution < -0.4 is 31.9 Å². The molecule has 6 amide bonds. The lowest BCUT2D eigenvalue weighted by Gasteiger charge is -2.30. The van der Waals surface area contributed by atoms with Crippen molar-refractivity contribution in [2.24, 2.45) is 10.6 Å². The topological polar surface area (TPSA) is 344 Å². The Morgan fingerprint density at radius 3 is 1.98 bits per heavy atom. The molecule has 0 aliphatic carbocycles. The van der Waals surface area contributed by atoms with Crippen molar-refractivity contribution in [3.8, 4) is 0 Å². The second-order valence-corrected chi connectivity index (χ2v) is 13.0. The molecule has 24 heteroatoms. The number of hydrogen-bond acceptors (Lipinski definition) is 15. The lowest BCUT2D eigenvalue weighted by atomic mass is 10.1. The van der Waals surface area contributed by atoms with Crippen molar-refractivity contribution in [3.63, 3.8) is 0 Å². The SMILES string of the molecule is CCCCCCCC(=O)N[C@H](CC(=O)O)C(=O)N[C@@H]1C(=O)N[C@H](CC)C(=O)N[C@H](CCCN(O)N=O)C(=O)NCC(=O)N[C@H](CCCN(O)N=O)C(=O)O[C@@H]1C. The minimum Gasteiger partial charge on any atom is -0.481 e. The Labute approximate surface area is 322 Å². The van der Waals surface area contributed by atoms with Crippen molar-refractivity contribution in [1.29, 1.82) is 0 Å². The van der Waals surface area contributed by atoms with Crippen LogP contribution >= 0.6 is 0 Å². The maximum atomic E-state index is 13.8. The van der Waals surface area contributed by atoms with Crippen LogP contribution in [0.4, 0.5) is 0 Å². The second-order valence-electron chi connectivity index (χ2n) is 13.0. The van der Waals surface area contributed by atoms with Gasteiger partial charge in [0.2, 0.25) is 35.4 Å². The Kier molecular flexibility index (Phi) is 22.8. The number of ether oxygens (including phenoxy) is 1. The molecule has 0 saturated carbocycles. The molecule has 6 atom stereocenters. The number of nitrogens with one attached hydrogen (secondary N) is 6. The molecule has 56 heavy (non-hydrogen) atoms. The third kappa shape index (κ3) is 18.7. The standard InChI is InChI=1S/C32H54N10O14/c1-4-6-7-8-9-14-24(43)35-23(17-26(45)46)30(49)38-27-19(3)56-32(51)22(13-11-16-42(55)40-53)34-25(44)18-33-28(47)21(12-10-15-41(54)39-52)37-29(48)20(5-2)36-31(27)50/h19-23,27,54-55H,4-18H2,1-3H3,(H,33,47)(H,34,44)(H,35,43)(H,36,50)(H,37,48)(H,38,49)(H,45,46)/t19-,20-,21-,22-,23-,27+/m1/s1. The summed E-state index contributed by atoms with van der Waals surface area (Å²) < 4.78 is 5.48. The first-order chi connectivity index (χ1) is 26.6. The van der Waals surface area contributed by atoms with E-state index in [2.05, 4.69) is 42.5 Å². The van der Waals surface area contributed by atoms with Crippen LogP contribution in [0.1, 0.15) is 97.8 Å². The van der Waals surface area contributed by atoms with Gasteiger partial charge in [-0.3, -0.25) is 44.0 Å². The summed E-state index contributed by atoms with van der Waals surface area (Å²) >= 11 is 0. The van der Waals surface area contributed by atoms with Crippen molar-refractivity contribution in [2.45, 2.75) is 134 Å². The number of carboxylic acids is 1. The van der Waals surface area contributed by atoms with Gasteiger partial charge in [0, 0.05) is 6.42 Å². The number of amides is 6. The van der Waals surface area contributed by atoms with Gasteiger partial charge in [0.25, 0.3) is 0 Å². The number of esters is 1. The molecule has 0 spiro atoms. The van der Waals surface area contributed by atoms with Gasteiger partial charge >= 0.3 is 11.9 Å². The fourth-order valence-corrected chi connectivity index (χ4v) is 5.42. The van der Waals surface area contributed by atoms with Crippen molar-refractivity contribution >= 4 is 47.4 Å². The van der Waals surface area contributed by atoms with Gasteiger partial charge in [-0.1, -0.05) is 39.5 Å². The Hall–Kier alpha value is -5.52. The Morgan fingerprint density at radius 2 is 1.41 bits per heavy atom. The van der Waals surface area contributed by atoms with Crippen LogP contribution in [0.25, 0.3) is 0 Å². The number of cyclic esters (lactones) is 1. The zero-order chi connectivity index (χ0) is 42.2. The number of carboxylic acid groups (broad SMARTS) is 1. The van der Waals surface area contributed by atoms with Crippen LogP contribution in [-0.4, -0.2) is 129 Å². The fourth-order valence-electron chi connectivity index (χ4n) is 5.42. The summed E-state index contributed by atoms with van der Waals surface area (Å²) in [5.41, 5.74) is 0. The van der Waals surface area contributed by atoms with E-state index in [1.807, 2.05) is 6.92 Å². The number of nitroso groups, excluding NO2 is 2. The Bertz CT molecular complexity index is 1370. The lowest BCUT2D eigenvalue weighted by molar-refractivity contribution is -0.156. The molecule has 0 unspecified atom stereocenters.